The molecule has 0 atom stereocenters. The van der Waals surface area contributed by atoms with Crippen LogP contribution >= 0.6 is 11.6 Å². The lowest BCUT2D eigenvalue weighted by molar-refractivity contribution is -0.117. The van der Waals surface area contributed by atoms with Gasteiger partial charge in [0.15, 0.2) is 5.82 Å². The number of benzene rings is 1. The molecule has 0 aliphatic carbocycles. The molecule has 1 saturated heterocycles. The number of hydrogen-bond donors (Lipinski definition) is 1. The third kappa shape index (κ3) is 3.14. The molecule has 2 amide bonds. The van der Waals surface area contributed by atoms with Crippen molar-refractivity contribution < 1.29 is 9.59 Å². The number of pyridine rings is 1. The minimum absolute atomic E-state index is 0.0407. The van der Waals surface area contributed by atoms with Crippen LogP contribution in [0.25, 0.3) is 6.08 Å². The maximum atomic E-state index is 12.3. The van der Waals surface area contributed by atoms with E-state index in [2.05, 4.69) is 10.4 Å². The van der Waals surface area contributed by atoms with Gasteiger partial charge in [-0.3, -0.25) is 15.0 Å². The first-order valence-corrected chi connectivity index (χ1v) is 7.24. The number of halogens is 1. The first kappa shape index (κ1) is 15.0. The Kier molecular flexibility index (Phi) is 4.21. The fourth-order valence-electron chi connectivity index (χ4n) is 2.08. The van der Waals surface area contributed by atoms with Crippen LogP contribution in [0.4, 0.5) is 5.82 Å². The highest BCUT2D eigenvalue weighted by Gasteiger charge is 2.34. The highest BCUT2D eigenvalue weighted by molar-refractivity contribution is 6.32. The lowest BCUT2D eigenvalue weighted by atomic mass is 10.2. The molecule has 1 aromatic carbocycles. The topological polar surface area (TPSA) is 62.3 Å². The second-order valence-electron chi connectivity index (χ2n) is 4.73. The van der Waals surface area contributed by atoms with Gasteiger partial charge in [-0.15, -0.1) is 0 Å². The summed E-state index contributed by atoms with van der Waals surface area (Å²) in [6, 6.07) is 12.4. The molecule has 6 heteroatoms. The molecular weight excluding hydrogens is 314 g/mol. The molecule has 1 N–H and O–H groups in total. The van der Waals surface area contributed by atoms with Gasteiger partial charge in [-0.2, -0.15) is 5.01 Å². The fraction of sp³-hybridized carbons (Fsp3) is 0. The predicted molar refractivity (Wildman–Crippen MR) is 88.4 cm³/mol. The van der Waals surface area contributed by atoms with E-state index in [4.69, 9.17) is 11.6 Å². The van der Waals surface area contributed by atoms with E-state index in [1.165, 1.54) is 6.08 Å². The van der Waals surface area contributed by atoms with Gasteiger partial charge in [0.2, 0.25) is 0 Å². The van der Waals surface area contributed by atoms with Gasteiger partial charge < -0.3 is 0 Å². The van der Waals surface area contributed by atoms with E-state index >= 15 is 0 Å². The van der Waals surface area contributed by atoms with Gasteiger partial charge in [0.1, 0.15) is 5.57 Å². The minimum Gasteiger partial charge on any atom is -0.267 e. The van der Waals surface area contributed by atoms with Gasteiger partial charge in [0.25, 0.3) is 11.8 Å². The Hall–Kier alpha value is -2.92. The Bertz CT molecular complexity index is 816. The number of hydrazine groups is 1. The van der Waals surface area contributed by atoms with Crippen LogP contribution in [-0.2, 0) is 9.59 Å². The van der Waals surface area contributed by atoms with Crippen LogP contribution in [0.1, 0.15) is 5.56 Å². The summed E-state index contributed by atoms with van der Waals surface area (Å²) in [5.74, 6) is -0.550. The Morgan fingerprint density at radius 2 is 1.87 bits per heavy atom. The zero-order valence-corrected chi connectivity index (χ0v) is 12.7. The van der Waals surface area contributed by atoms with Crippen molar-refractivity contribution >= 4 is 35.3 Å². The number of aromatic nitrogens is 1. The Balaban J connectivity index is 1.82. The van der Waals surface area contributed by atoms with Crippen molar-refractivity contribution in [2.24, 2.45) is 0 Å². The Morgan fingerprint density at radius 1 is 1.09 bits per heavy atom. The number of rotatable bonds is 3. The monoisotopic (exact) mass is 325 g/mol. The minimum atomic E-state index is -0.468. The quantitative estimate of drug-likeness (QED) is 0.697. The molecule has 5 nitrogen and oxygen atoms in total. The molecule has 1 aromatic heterocycles. The SMILES string of the molecule is O=C1NN(c2ccccn2)C(=O)/C1=C\C=C\c1ccccc1Cl. The first-order valence-electron chi connectivity index (χ1n) is 6.86. The van der Waals surface area contributed by atoms with E-state index in [0.29, 0.717) is 10.8 Å². The Morgan fingerprint density at radius 3 is 2.61 bits per heavy atom. The summed E-state index contributed by atoms with van der Waals surface area (Å²) < 4.78 is 0. The maximum absolute atomic E-state index is 12.3. The third-order valence-electron chi connectivity index (χ3n) is 3.21. The van der Waals surface area contributed by atoms with Crippen LogP contribution < -0.4 is 10.4 Å². The summed E-state index contributed by atoms with van der Waals surface area (Å²) in [5.41, 5.74) is 3.33. The molecule has 0 bridgehead atoms. The highest BCUT2D eigenvalue weighted by atomic mass is 35.5. The molecule has 23 heavy (non-hydrogen) atoms. The summed E-state index contributed by atoms with van der Waals surface area (Å²) in [5, 5.41) is 1.72. The second kappa shape index (κ2) is 6.46. The number of amides is 2. The van der Waals surface area contributed by atoms with Crippen molar-refractivity contribution in [3.63, 3.8) is 0 Å². The van der Waals surface area contributed by atoms with Crippen LogP contribution in [0.3, 0.4) is 0 Å². The maximum Gasteiger partial charge on any atom is 0.284 e. The number of carbonyl (C=O) groups excluding carboxylic acids is 2. The molecule has 0 unspecified atom stereocenters. The van der Waals surface area contributed by atoms with Gasteiger partial charge in [-0.25, -0.2) is 4.98 Å². The normalized spacial score (nSPS) is 16.4. The van der Waals surface area contributed by atoms with Crippen LogP contribution in [0.5, 0.6) is 0 Å². The van der Waals surface area contributed by atoms with Crippen molar-refractivity contribution in [3.8, 4) is 0 Å². The number of hydrogen-bond acceptors (Lipinski definition) is 3. The average molecular weight is 326 g/mol. The number of nitrogens with one attached hydrogen (secondary N) is 1. The fourth-order valence-corrected chi connectivity index (χ4v) is 2.28. The summed E-state index contributed by atoms with van der Waals surface area (Å²) in [6.07, 6.45) is 6.37. The zero-order chi connectivity index (χ0) is 16.2. The van der Waals surface area contributed by atoms with Crippen LogP contribution in [0.15, 0.2) is 66.4 Å². The van der Waals surface area contributed by atoms with E-state index < -0.39 is 11.8 Å². The van der Waals surface area contributed by atoms with Crippen LogP contribution in [0.2, 0.25) is 5.02 Å². The lowest BCUT2D eigenvalue weighted by Gasteiger charge is -2.12. The number of allylic oxidation sites excluding steroid dienone is 2. The first-order chi connectivity index (χ1) is 11.2. The summed E-state index contributed by atoms with van der Waals surface area (Å²) in [7, 11) is 0. The average Bonchev–Trinajstić information content (AvgIpc) is 2.85. The van der Waals surface area contributed by atoms with E-state index in [9.17, 15) is 9.59 Å². The molecular formula is C17H12ClN3O2. The molecule has 0 radical (unpaired) electrons. The zero-order valence-electron chi connectivity index (χ0n) is 11.9. The molecule has 2 aromatic rings. The van der Waals surface area contributed by atoms with Crippen LogP contribution in [-0.4, -0.2) is 16.8 Å². The molecule has 3 rings (SSSR count). The molecule has 2 heterocycles. The molecule has 0 saturated carbocycles. The predicted octanol–water partition coefficient (Wildman–Crippen LogP) is 2.75. The van der Waals surface area contributed by atoms with Gasteiger partial charge >= 0.3 is 0 Å². The van der Waals surface area contributed by atoms with Crippen molar-refractivity contribution in [1.29, 1.82) is 0 Å². The molecule has 0 spiro atoms. The van der Waals surface area contributed by atoms with Crippen LogP contribution in [0, 0.1) is 0 Å². The molecule has 1 aliphatic rings. The number of anilines is 1. The molecule has 1 aliphatic heterocycles. The van der Waals surface area contributed by atoms with Crippen molar-refractivity contribution in [1.82, 2.24) is 10.4 Å². The Labute approximate surface area is 137 Å². The number of carbonyl (C=O) groups is 2. The van der Waals surface area contributed by atoms with Crippen molar-refractivity contribution in [2.75, 3.05) is 5.01 Å². The van der Waals surface area contributed by atoms with E-state index in [1.54, 1.807) is 42.6 Å². The van der Waals surface area contributed by atoms with Crippen molar-refractivity contribution in [2.45, 2.75) is 0 Å². The summed E-state index contributed by atoms with van der Waals surface area (Å²) >= 11 is 6.05. The van der Waals surface area contributed by atoms with E-state index in [-0.39, 0.29) is 5.57 Å². The lowest BCUT2D eigenvalue weighted by Crippen LogP contribution is -2.36. The highest BCUT2D eigenvalue weighted by Crippen LogP contribution is 2.19. The van der Waals surface area contributed by atoms with Crippen molar-refractivity contribution in [3.05, 3.63) is 77.0 Å². The second-order valence-corrected chi connectivity index (χ2v) is 5.14. The molecule has 1 fully saturated rings. The summed E-state index contributed by atoms with van der Waals surface area (Å²) in [6.45, 7) is 0. The smallest absolute Gasteiger partial charge is 0.267 e. The van der Waals surface area contributed by atoms with Gasteiger partial charge in [0.05, 0.1) is 0 Å². The number of nitrogens with zero attached hydrogens (tertiary/aromatic N) is 2. The molecule has 114 valence electrons. The van der Waals surface area contributed by atoms with Gasteiger partial charge in [-0.1, -0.05) is 48.0 Å². The largest absolute Gasteiger partial charge is 0.284 e. The van der Waals surface area contributed by atoms with E-state index in [0.717, 1.165) is 10.6 Å². The van der Waals surface area contributed by atoms with Gasteiger partial charge in [0, 0.05) is 11.2 Å². The van der Waals surface area contributed by atoms with Gasteiger partial charge in [-0.05, 0) is 29.8 Å². The van der Waals surface area contributed by atoms with E-state index in [1.807, 2.05) is 18.2 Å². The standard InChI is InChI=1S/C17H12ClN3O2/c18-14-9-2-1-6-12(14)7-5-8-13-16(22)20-21(17(13)23)15-10-3-4-11-19-15/h1-11H,(H,20,22)/b7-5+,13-8-. The summed E-state index contributed by atoms with van der Waals surface area (Å²) in [4.78, 5) is 28.3. The third-order valence-corrected chi connectivity index (χ3v) is 3.56.